The summed E-state index contributed by atoms with van der Waals surface area (Å²) in [7, 11) is 1.73. The molecule has 0 amide bonds. The van der Waals surface area contributed by atoms with Crippen LogP contribution in [0.1, 0.15) is 25.3 Å². The van der Waals surface area contributed by atoms with Gasteiger partial charge >= 0.3 is 0 Å². The third-order valence-electron chi connectivity index (χ3n) is 3.91. The van der Waals surface area contributed by atoms with Gasteiger partial charge in [0.25, 0.3) is 5.69 Å². The van der Waals surface area contributed by atoms with E-state index in [0.717, 1.165) is 44.6 Å². The van der Waals surface area contributed by atoms with Crippen LogP contribution in [0.4, 0.5) is 11.4 Å². The van der Waals surface area contributed by atoms with Crippen molar-refractivity contribution in [1.29, 1.82) is 0 Å². The maximum atomic E-state index is 11.1. The van der Waals surface area contributed by atoms with E-state index >= 15 is 0 Å². The lowest BCUT2D eigenvalue weighted by Crippen LogP contribution is -2.36. The molecule has 1 aromatic rings. The van der Waals surface area contributed by atoms with Gasteiger partial charge in [0.2, 0.25) is 0 Å². The molecular weight excluding hydrogens is 270 g/mol. The fourth-order valence-corrected chi connectivity index (χ4v) is 2.87. The largest absolute Gasteiger partial charge is 0.382 e. The van der Waals surface area contributed by atoms with E-state index in [1.807, 2.05) is 13.0 Å². The summed E-state index contributed by atoms with van der Waals surface area (Å²) in [6, 6.07) is 5.24. The molecule has 0 bridgehead atoms. The summed E-state index contributed by atoms with van der Waals surface area (Å²) in [5.41, 5.74) is 1.73. The van der Waals surface area contributed by atoms with E-state index in [0.29, 0.717) is 11.8 Å². The summed E-state index contributed by atoms with van der Waals surface area (Å²) in [5.74, 6) is 0. The number of likely N-dealkylation sites (tertiary alicyclic amines) is 1. The van der Waals surface area contributed by atoms with E-state index in [4.69, 9.17) is 4.74 Å². The van der Waals surface area contributed by atoms with Crippen LogP contribution in [-0.4, -0.2) is 42.7 Å². The number of hydrogen-bond acceptors (Lipinski definition) is 5. The molecule has 6 nitrogen and oxygen atoms in total. The number of para-hydroxylation sites is 1. The van der Waals surface area contributed by atoms with Crippen LogP contribution >= 0.6 is 0 Å². The standard InChI is InChI=1S/C15H23N3O3/c1-3-21-13-7-9-17(10-8-13)11-12-5-4-6-14(18(19)20)15(12)16-2/h4-6,13,16H,3,7-11H2,1-2H3. The van der Waals surface area contributed by atoms with Gasteiger partial charge in [0.15, 0.2) is 0 Å². The van der Waals surface area contributed by atoms with E-state index in [9.17, 15) is 10.1 Å². The summed E-state index contributed by atoms with van der Waals surface area (Å²) >= 11 is 0. The maximum absolute atomic E-state index is 11.1. The van der Waals surface area contributed by atoms with Gasteiger partial charge in [0.1, 0.15) is 5.69 Å². The van der Waals surface area contributed by atoms with Crippen molar-refractivity contribution in [2.45, 2.75) is 32.4 Å². The Labute approximate surface area is 125 Å². The number of nitro groups is 1. The Morgan fingerprint density at radius 2 is 2.14 bits per heavy atom. The van der Waals surface area contributed by atoms with Crippen LogP contribution in [0.25, 0.3) is 0 Å². The average molecular weight is 293 g/mol. The second-order valence-corrected chi connectivity index (χ2v) is 5.25. The minimum atomic E-state index is -0.337. The van der Waals surface area contributed by atoms with E-state index < -0.39 is 0 Å². The SMILES string of the molecule is CCOC1CCN(Cc2cccc([N+](=O)[O-])c2NC)CC1. The highest BCUT2D eigenvalue weighted by molar-refractivity contribution is 5.66. The van der Waals surface area contributed by atoms with Crippen molar-refractivity contribution in [2.75, 3.05) is 32.1 Å². The van der Waals surface area contributed by atoms with Crippen LogP contribution in [0.3, 0.4) is 0 Å². The lowest BCUT2D eigenvalue weighted by molar-refractivity contribution is -0.384. The van der Waals surface area contributed by atoms with Crippen LogP contribution < -0.4 is 5.32 Å². The Morgan fingerprint density at radius 1 is 1.43 bits per heavy atom. The Kier molecular flexibility index (Phi) is 5.52. The molecule has 1 aromatic carbocycles. The third-order valence-corrected chi connectivity index (χ3v) is 3.91. The predicted octanol–water partition coefficient (Wildman–Crippen LogP) is 2.64. The van der Waals surface area contributed by atoms with Gasteiger partial charge in [-0.3, -0.25) is 15.0 Å². The third kappa shape index (κ3) is 3.92. The number of hydrogen-bond donors (Lipinski definition) is 1. The normalized spacial score (nSPS) is 16.9. The average Bonchev–Trinajstić information content (AvgIpc) is 2.49. The molecule has 0 aliphatic carbocycles. The summed E-state index contributed by atoms with van der Waals surface area (Å²) in [4.78, 5) is 13.1. The van der Waals surface area contributed by atoms with Crippen molar-refractivity contribution in [3.05, 3.63) is 33.9 Å². The number of piperidine rings is 1. The highest BCUT2D eigenvalue weighted by Crippen LogP contribution is 2.29. The molecule has 21 heavy (non-hydrogen) atoms. The van der Waals surface area contributed by atoms with Gasteiger partial charge in [-0.2, -0.15) is 0 Å². The van der Waals surface area contributed by atoms with Crippen LogP contribution in [0, 0.1) is 10.1 Å². The fraction of sp³-hybridized carbons (Fsp3) is 0.600. The summed E-state index contributed by atoms with van der Waals surface area (Å²) < 4.78 is 5.65. The molecule has 6 heteroatoms. The molecule has 0 unspecified atom stereocenters. The number of nitrogens with zero attached hydrogens (tertiary/aromatic N) is 2. The van der Waals surface area contributed by atoms with E-state index in [-0.39, 0.29) is 10.6 Å². The zero-order valence-corrected chi connectivity index (χ0v) is 12.7. The number of rotatable bonds is 6. The molecule has 1 heterocycles. The van der Waals surface area contributed by atoms with Gasteiger partial charge in [0, 0.05) is 39.4 Å². The minimum absolute atomic E-state index is 0.138. The minimum Gasteiger partial charge on any atom is -0.382 e. The van der Waals surface area contributed by atoms with Crippen molar-refractivity contribution >= 4 is 11.4 Å². The molecule has 1 saturated heterocycles. The first-order valence-corrected chi connectivity index (χ1v) is 7.43. The van der Waals surface area contributed by atoms with Gasteiger partial charge in [-0.05, 0) is 25.3 Å². The van der Waals surface area contributed by atoms with Gasteiger partial charge < -0.3 is 10.1 Å². The molecule has 116 valence electrons. The zero-order chi connectivity index (χ0) is 15.2. The molecule has 0 aromatic heterocycles. The van der Waals surface area contributed by atoms with Crippen LogP contribution in [0.5, 0.6) is 0 Å². The monoisotopic (exact) mass is 293 g/mol. The molecule has 0 spiro atoms. The number of ether oxygens (including phenoxy) is 1. The molecule has 1 N–H and O–H groups in total. The topological polar surface area (TPSA) is 67.6 Å². The molecule has 1 aliphatic heterocycles. The Hall–Kier alpha value is -1.66. The van der Waals surface area contributed by atoms with Crippen molar-refractivity contribution in [3.63, 3.8) is 0 Å². The Morgan fingerprint density at radius 3 is 2.71 bits per heavy atom. The lowest BCUT2D eigenvalue weighted by Gasteiger charge is -2.32. The predicted molar refractivity (Wildman–Crippen MR) is 82.6 cm³/mol. The molecule has 0 atom stereocenters. The Balaban J connectivity index is 2.04. The van der Waals surface area contributed by atoms with Crippen LogP contribution in [-0.2, 0) is 11.3 Å². The molecular formula is C15H23N3O3. The van der Waals surface area contributed by atoms with Gasteiger partial charge in [-0.1, -0.05) is 12.1 Å². The van der Waals surface area contributed by atoms with Gasteiger partial charge in [-0.25, -0.2) is 0 Å². The number of nitro benzene ring substituents is 1. The molecule has 1 aliphatic rings. The molecule has 1 fully saturated rings. The van der Waals surface area contributed by atoms with E-state index in [1.54, 1.807) is 13.1 Å². The Bertz CT molecular complexity index is 485. The summed E-state index contributed by atoms with van der Waals surface area (Å²) in [6.07, 6.45) is 2.41. The molecule has 0 saturated carbocycles. The summed E-state index contributed by atoms with van der Waals surface area (Å²) in [6.45, 7) is 5.46. The first-order chi connectivity index (χ1) is 10.2. The smallest absolute Gasteiger partial charge is 0.292 e. The van der Waals surface area contributed by atoms with Crippen LogP contribution in [0.2, 0.25) is 0 Å². The van der Waals surface area contributed by atoms with Crippen molar-refractivity contribution in [2.24, 2.45) is 0 Å². The number of benzene rings is 1. The lowest BCUT2D eigenvalue weighted by atomic mass is 10.1. The van der Waals surface area contributed by atoms with E-state index in [1.165, 1.54) is 6.07 Å². The number of nitrogens with one attached hydrogen (secondary N) is 1. The maximum Gasteiger partial charge on any atom is 0.292 e. The van der Waals surface area contributed by atoms with Gasteiger partial charge in [-0.15, -0.1) is 0 Å². The molecule has 2 rings (SSSR count). The second-order valence-electron chi connectivity index (χ2n) is 5.25. The highest BCUT2D eigenvalue weighted by atomic mass is 16.6. The van der Waals surface area contributed by atoms with Crippen molar-refractivity contribution in [1.82, 2.24) is 4.90 Å². The zero-order valence-electron chi connectivity index (χ0n) is 12.7. The van der Waals surface area contributed by atoms with Crippen molar-refractivity contribution in [3.8, 4) is 0 Å². The first kappa shape index (κ1) is 15.7. The number of anilines is 1. The summed E-state index contributed by atoms with van der Waals surface area (Å²) in [5, 5.41) is 14.0. The molecule has 0 radical (unpaired) electrons. The quantitative estimate of drug-likeness (QED) is 0.645. The van der Waals surface area contributed by atoms with Crippen molar-refractivity contribution < 1.29 is 9.66 Å². The first-order valence-electron chi connectivity index (χ1n) is 7.43. The van der Waals surface area contributed by atoms with E-state index in [2.05, 4.69) is 10.2 Å². The highest BCUT2D eigenvalue weighted by Gasteiger charge is 2.22. The fourth-order valence-electron chi connectivity index (χ4n) is 2.87. The van der Waals surface area contributed by atoms with Gasteiger partial charge in [0.05, 0.1) is 11.0 Å². The van der Waals surface area contributed by atoms with Crippen LogP contribution in [0.15, 0.2) is 18.2 Å². The second kappa shape index (κ2) is 7.38.